The molecule has 0 bridgehead atoms. The van der Waals surface area contributed by atoms with Crippen LogP contribution in [-0.4, -0.2) is 70.4 Å². The topological polar surface area (TPSA) is 106 Å². The Hall–Kier alpha value is -3.01. The van der Waals surface area contributed by atoms with Gasteiger partial charge in [-0.05, 0) is 45.9 Å². The monoisotopic (exact) mass is 466 g/mol. The van der Waals surface area contributed by atoms with Gasteiger partial charge in [0.05, 0.1) is 11.4 Å². The molecule has 2 aromatic heterocycles. The SMILES string of the molecule is CNCC(O)COc1cccc(-c2nc(NC3CCOCC3)cc(-c3c(C)nn(C)c3C)n2)c1. The largest absolute Gasteiger partial charge is 0.491 e. The Morgan fingerprint density at radius 2 is 2.00 bits per heavy atom. The quantitative estimate of drug-likeness (QED) is 0.442. The Labute approximate surface area is 200 Å². The highest BCUT2D eigenvalue weighted by molar-refractivity contribution is 5.71. The summed E-state index contributed by atoms with van der Waals surface area (Å²) < 4.78 is 13.2. The fourth-order valence-corrected chi connectivity index (χ4v) is 4.19. The molecule has 4 rings (SSSR count). The molecule has 9 nitrogen and oxygen atoms in total. The second-order valence-corrected chi connectivity index (χ2v) is 8.71. The molecule has 1 aliphatic heterocycles. The highest BCUT2D eigenvalue weighted by Gasteiger charge is 2.19. The van der Waals surface area contributed by atoms with Crippen molar-refractivity contribution >= 4 is 5.82 Å². The Morgan fingerprint density at radius 1 is 1.21 bits per heavy atom. The molecular weight excluding hydrogens is 432 g/mol. The van der Waals surface area contributed by atoms with Crippen LogP contribution in [0.2, 0.25) is 0 Å². The minimum atomic E-state index is -0.583. The lowest BCUT2D eigenvalue weighted by atomic mass is 10.1. The zero-order valence-electron chi connectivity index (χ0n) is 20.3. The third-order valence-electron chi connectivity index (χ3n) is 6.04. The summed E-state index contributed by atoms with van der Waals surface area (Å²) in [4.78, 5) is 9.77. The van der Waals surface area contributed by atoms with Crippen LogP contribution in [0.5, 0.6) is 5.75 Å². The summed E-state index contributed by atoms with van der Waals surface area (Å²) in [6.07, 6.45) is 1.30. The van der Waals surface area contributed by atoms with Crippen molar-refractivity contribution in [3.63, 3.8) is 0 Å². The average Bonchev–Trinajstić information content (AvgIpc) is 3.09. The van der Waals surface area contributed by atoms with E-state index in [-0.39, 0.29) is 6.61 Å². The number of nitrogens with zero attached hydrogens (tertiary/aromatic N) is 4. The summed E-state index contributed by atoms with van der Waals surface area (Å²) in [5.41, 5.74) is 4.67. The van der Waals surface area contributed by atoms with E-state index in [0.717, 1.165) is 60.1 Å². The van der Waals surface area contributed by atoms with Gasteiger partial charge in [0.15, 0.2) is 5.82 Å². The lowest BCUT2D eigenvalue weighted by Gasteiger charge is -2.24. The number of anilines is 1. The second-order valence-electron chi connectivity index (χ2n) is 8.71. The molecular formula is C25H34N6O3. The van der Waals surface area contributed by atoms with Gasteiger partial charge in [-0.3, -0.25) is 4.68 Å². The first-order valence-corrected chi connectivity index (χ1v) is 11.7. The molecule has 0 saturated carbocycles. The highest BCUT2D eigenvalue weighted by Crippen LogP contribution is 2.30. The van der Waals surface area contributed by atoms with E-state index in [0.29, 0.717) is 24.2 Å². The van der Waals surface area contributed by atoms with Crippen LogP contribution >= 0.6 is 0 Å². The number of ether oxygens (including phenoxy) is 2. The minimum absolute atomic E-state index is 0.204. The van der Waals surface area contributed by atoms with Crippen molar-refractivity contribution in [1.29, 1.82) is 0 Å². The van der Waals surface area contributed by atoms with Crippen molar-refractivity contribution in [3.8, 4) is 28.4 Å². The van der Waals surface area contributed by atoms with E-state index >= 15 is 0 Å². The van der Waals surface area contributed by atoms with Crippen LogP contribution in [0.25, 0.3) is 22.6 Å². The minimum Gasteiger partial charge on any atom is -0.491 e. The fourth-order valence-electron chi connectivity index (χ4n) is 4.19. The molecule has 1 atom stereocenters. The second kappa shape index (κ2) is 10.9. The maximum atomic E-state index is 9.97. The molecule has 3 aromatic rings. The summed E-state index contributed by atoms with van der Waals surface area (Å²) in [6, 6.07) is 9.98. The summed E-state index contributed by atoms with van der Waals surface area (Å²) in [6.45, 7) is 6.23. The number of aryl methyl sites for hydroxylation is 2. The smallest absolute Gasteiger partial charge is 0.162 e. The summed E-state index contributed by atoms with van der Waals surface area (Å²) in [5.74, 6) is 2.05. The molecule has 1 aromatic carbocycles. The van der Waals surface area contributed by atoms with Gasteiger partial charge in [0.25, 0.3) is 0 Å². The molecule has 182 valence electrons. The molecule has 1 unspecified atom stereocenters. The summed E-state index contributed by atoms with van der Waals surface area (Å²) >= 11 is 0. The third kappa shape index (κ3) is 5.72. The fraction of sp³-hybridized carbons (Fsp3) is 0.480. The normalized spacial score (nSPS) is 15.3. The molecule has 1 aliphatic rings. The van der Waals surface area contributed by atoms with Crippen molar-refractivity contribution in [1.82, 2.24) is 25.1 Å². The van der Waals surface area contributed by atoms with Crippen LogP contribution in [0.15, 0.2) is 30.3 Å². The van der Waals surface area contributed by atoms with E-state index < -0.39 is 6.10 Å². The van der Waals surface area contributed by atoms with Crippen molar-refractivity contribution < 1.29 is 14.6 Å². The van der Waals surface area contributed by atoms with Gasteiger partial charge in [-0.2, -0.15) is 5.10 Å². The lowest BCUT2D eigenvalue weighted by Crippen LogP contribution is -2.29. The number of likely N-dealkylation sites (N-methyl/N-ethyl adjacent to an activating group) is 1. The van der Waals surface area contributed by atoms with Crippen molar-refractivity contribution in [3.05, 3.63) is 41.7 Å². The first-order chi connectivity index (χ1) is 16.4. The zero-order chi connectivity index (χ0) is 24.1. The van der Waals surface area contributed by atoms with E-state index in [9.17, 15) is 5.11 Å². The van der Waals surface area contributed by atoms with Crippen LogP contribution in [0.3, 0.4) is 0 Å². The van der Waals surface area contributed by atoms with E-state index in [1.807, 2.05) is 55.9 Å². The van der Waals surface area contributed by atoms with Crippen molar-refractivity contribution in [2.45, 2.75) is 38.8 Å². The van der Waals surface area contributed by atoms with Crippen LogP contribution in [0, 0.1) is 13.8 Å². The van der Waals surface area contributed by atoms with E-state index in [1.54, 1.807) is 7.05 Å². The average molecular weight is 467 g/mol. The zero-order valence-corrected chi connectivity index (χ0v) is 20.3. The van der Waals surface area contributed by atoms with Gasteiger partial charge in [0.1, 0.15) is 24.3 Å². The molecule has 3 heterocycles. The lowest BCUT2D eigenvalue weighted by molar-refractivity contribution is 0.0904. The first-order valence-electron chi connectivity index (χ1n) is 11.7. The van der Waals surface area contributed by atoms with Crippen LogP contribution in [0.4, 0.5) is 5.82 Å². The Bertz CT molecular complexity index is 1110. The number of nitrogens with one attached hydrogen (secondary N) is 2. The first kappa shape index (κ1) is 24.1. The number of benzene rings is 1. The molecule has 9 heteroatoms. The number of hydrogen-bond acceptors (Lipinski definition) is 8. The Kier molecular flexibility index (Phi) is 7.77. The molecule has 0 amide bonds. The van der Waals surface area contributed by atoms with Crippen molar-refractivity contribution in [2.75, 3.05) is 38.7 Å². The summed E-state index contributed by atoms with van der Waals surface area (Å²) in [7, 11) is 3.74. The molecule has 1 saturated heterocycles. The molecule has 34 heavy (non-hydrogen) atoms. The number of rotatable bonds is 9. The van der Waals surface area contributed by atoms with Gasteiger partial charge in [-0.25, -0.2) is 9.97 Å². The van der Waals surface area contributed by atoms with Gasteiger partial charge in [0.2, 0.25) is 0 Å². The molecule has 0 radical (unpaired) electrons. The van der Waals surface area contributed by atoms with E-state index in [2.05, 4.69) is 15.7 Å². The summed E-state index contributed by atoms with van der Waals surface area (Å²) in [5, 5.41) is 21.1. The van der Waals surface area contributed by atoms with Crippen LogP contribution < -0.4 is 15.4 Å². The predicted octanol–water partition coefficient (Wildman–Crippen LogP) is 2.71. The van der Waals surface area contributed by atoms with E-state index in [4.69, 9.17) is 19.4 Å². The van der Waals surface area contributed by atoms with Gasteiger partial charge in [0, 0.05) is 55.7 Å². The van der Waals surface area contributed by atoms with E-state index in [1.165, 1.54) is 0 Å². The van der Waals surface area contributed by atoms with Crippen molar-refractivity contribution in [2.24, 2.45) is 7.05 Å². The maximum absolute atomic E-state index is 9.97. The molecule has 0 aliphatic carbocycles. The Balaban J connectivity index is 1.68. The third-order valence-corrected chi connectivity index (χ3v) is 6.04. The predicted molar refractivity (Wildman–Crippen MR) is 132 cm³/mol. The number of hydrogen-bond donors (Lipinski definition) is 3. The molecule has 0 spiro atoms. The molecule has 3 N–H and O–H groups in total. The van der Waals surface area contributed by atoms with Gasteiger partial charge >= 0.3 is 0 Å². The standard InChI is InChI=1S/C25H34N6O3/c1-16-24(17(2)31(4)30-16)22-13-23(27-19-8-10-33-11-9-19)29-25(28-22)18-6-5-7-21(12-18)34-15-20(32)14-26-3/h5-7,12-13,19-20,26,32H,8-11,14-15H2,1-4H3,(H,27,28,29). The molecule has 1 fully saturated rings. The number of aliphatic hydroxyl groups excluding tert-OH is 1. The van der Waals surface area contributed by atoms with Gasteiger partial charge in [-0.15, -0.1) is 0 Å². The number of aliphatic hydroxyl groups is 1. The van der Waals surface area contributed by atoms with Crippen LogP contribution in [-0.2, 0) is 11.8 Å². The van der Waals surface area contributed by atoms with Crippen LogP contribution in [0.1, 0.15) is 24.2 Å². The maximum Gasteiger partial charge on any atom is 0.162 e. The highest BCUT2D eigenvalue weighted by atomic mass is 16.5. The Morgan fingerprint density at radius 3 is 2.71 bits per heavy atom. The van der Waals surface area contributed by atoms with Gasteiger partial charge in [-0.1, -0.05) is 12.1 Å². The van der Waals surface area contributed by atoms with Gasteiger partial charge < -0.3 is 25.2 Å². The number of aromatic nitrogens is 4.